The Hall–Kier alpha value is -2.38. The van der Waals surface area contributed by atoms with Crippen molar-refractivity contribution in [2.45, 2.75) is 45.7 Å². The molecule has 1 amide bonds. The smallest absolute Gasteiger partial charge is 0.326 e. The second-order valence-electron chi connectivity index (χ2n) is 4.99. The molecule has 0 aliphatic carbocycles. The molecule has 0 radical (unpaired) electrons. The normalized spacial score (nSPS) is 12.2. The van der Waals surface area contributed by atoms with Crippen LogP contribution in [0.2, 0.25) is 0 Å². The molecule has 1 aromatic rings. The predicted octanol–water partition coefficient (Wildman–Crippen LogP) is 1.96. The predicted molar refractivity (Wildman–Crippen MR) is 75.3 cm³/mol. The zero-order valence-electron chi connectivity index (χ0n) is 12.2. The molecule has 0 spiro atoms. The van der Waals surface area contributed by atoms with Crippen LogP contribution in [0.15, 0.2) is 12.3 Å². The molecule has 2 N–H and O–H groups in total. The summed E-state index contributed by atoms with van der Waals surface area (Å²) in [4.78, 5) is 33.5. The van der Waals surface area contributed by atoms with Crippen LogP contribution in [-0.2, 0) is 4.79 Å². The highest BCUT2D eigenvalue weighted by Gasteiger charge is 2.25. The first-order chi connectivity index (χ1) is 9.77. The van der Waals surface area contributed by atoms with Gasteiger partial charge in [-0.2, -0.15) is 0 Å². The van der Waals surface area contributed by atoms with Crippen molar-refractivity contribution < 1.29 is 19.6 Å². The number of aliphatic carboxylic acids is 1. The van der Waals surface area contributed by atoms with E-state index in [1.54, 1.807) is 13.8 Å². The van der Waals surface area contributed by atoms with Crippen LogP contribution >= 0.6 is 0 Å². The van der Waals surface area contributed by atoms with Crippen molar-refractivity contribution in [3.05, 3.63) is 28.1 Å². The molecule has 0 saturated carbocycles. The van der Waals surface area contributed by atoms with Crippen molar-refractivity contribution >= 4 is 17.6 Å². The summed E-state index contributed by atoms with van der Waals surface area (Å²) in [6, 6.07) is -0.00817. The van der Waals surface area contributed by atoms with Crippen molar-refractivity contribution in [1.82, 2.24) is 9.88 Å². The van der Waals surface area contributed by atoms with Gasteiger partial charge in [-0.1, -0.05) is 13.3 Å². The molecule has 21 heavy (non-hydrogen) atoms. The van der Waals surface area contributed by atoms with Crippen molar-refractivity contribution in [3.63, 3.8) is 0 Å². The van der Waals surface area contributed by atoms with E-state index in [1.165, 1.54) is 10.8 Å². The summed E-state index contributed by atoms with van der Waals surface area (Å²) in [5, 5.41) is 22.3. The molecule has 0 aliphatic rings. The fourth-order valence-electron chi connectivity index (χ4n) is 1.95. The number of carboxylic acids is 1. The van der Waals surface area contributed by atoms with E-state index < -0.39 is 22.8 Å². The lowest BCUT2D eigenvalue weighted by Crippen LogP contribution is -2.41. The highest BCUT2D eigenvalue weighted by atomic mass is 16.6. The fraction of sp³-hybridized carbons (Fsp3) is 0.538. The number of carbonyl (C=O) groups excluding carboxylic acids is 1. The maximum absolute atomic E-state index is 12.2. The van der Waals surface area contributed by atoms with E-state index in [0.717, 1.165) is 6.07 Å². The van der Waals surface area contributed by atoms with Crippen LogP contribution in [0.25, 0.3) is 0 Å². The van der Waals surface area contributed by atoms with Crippen LogP contribution in [0.1, 0.15) is 50.1 Å². The third-order valence-electron chi connectivity index (χ3n) is 3.01. The molecule has 8 heteroatoms. The number of carboxylic acid groups (broad SMARTS) is 1. The molecule has 1 heterocycles. The maximum atomic E-state index is 12.2. The summed E-state index contributed by atoms with van der Waals surface area (Å²) < 4.78 is 1.46. The Morgan fingerprint density at radius 1 is 1.48 bits per heavy atom. The van der Waals surface area contributed by atoms with Crippen LogP contribution in [0.3, 0.4) is 0 Å². The number of hydrogen-bond donors (Lipinski definition) is 2. The Morgan fingerprint density at radius 2 is 2.10 bits per heavy atom. The van der Waals surface area contributed by atoms with Gasteiger partial charge < -0.3 is 15.0 Å². The second-order valence-corrected chi connectivity index (χ2v) is 4.99. The van der Waals surface area contributed by atoms with Gasteiger partial charge in [-0.25, -0.2) is 4.79 Å². The van der Waals surface area contributed by atoms with Gasteiger partial charge in [0.2, 0.25) is 0 Å². The molecule has 1 aromatic heterocycles. The quantitative estimate of drug-likeness (QED) is 0.589. The third-order valence-corrected chi connectivity index (χ3v) is 3.01. The molecule has 8 nitrogen and oxygen atoms in total. The maximum Gasteiger partial charge on any atom is 0.326 e. The molecule has 0 aliphatic heterocycles. The lowest BCUT2D eigenvalue weighted by atomic mass is 10.1. The first-order valence-corrected chi connectivity index (χ1v) is 6.67. The number of hydrogen-bond acceptors (Lipinski definition) is 4. The summed E-state index contributed by atoms with van der Waals surface area (Å²) in [6.45, 7) is 5.37. The van der Waals surface area contributed by atoms with Gasteiger partial charge in [-0.3, -0.25) is 14.9 Å². The number of rotatable bonds is 7. The van der Waals surface area contributed by atoms with E-state index >= 15 is 0 Å². The SMILES string of the molecule is CCC[C@@H](NC(=O)c1cc([N+](=O)[O-])cn1C(C)C)C(=O)O. The number of nitrogens with one attached hydrogen (secondary N) is 1. The van der Waals surface area contributed by atoms with Crippen LogP contribution in [0, 0.1) is 10.1 Å². The minimum Gasteiger partial charge on any atom is -0.480 e. The summed E-state index contributed by atoms with van der Waals surface area (Å²) in [5.41, 5.74) is -0.115. The Bertz CT molecular complexity index is 550. The number of amides is 1. The number of carbonyl (C=O) groups is 2. The van der Waals surface area contributed by atoms with Gasteiger partial charge in [0.15, 0.2) is 0 Å². The minimum atomic E-state index is -1.12. The number of nitro groups is 1. The summed E-state index contributed by atoms with van der Waals surface area (Å²) >= 11 is 0. The van der Waals surface area contributed by atoms with Gasteiger partial charge >= 0.3 is 5.97 Å². The van der Waals surface area contributed by atoms with Gasteiger partial charge in [0.25, 0.3) is 11.6 Å². The zero-order valence-corrected chi connectivity index (χ0v) is 12.2. The molecule has 0 unspecified atom stereocenters. The highest BCUT2D eigenvalue weighted by molar-refractivity contribution is 5.96. The van der Waals surface area contributed by atoms with Gasteiger partial charge in [0.05, 0.1) is 11.1 Å². The van der Waals surface area contributed by atoms with Crippen LogP contribution in [0.5, 0.6) is 0 Å². The average Bonchev–Trinajstić information content (AvgIpc) is 2.83. The van der Waals surface area contributed by atoms with Crippen LogP contribution in [-0.4, -0.2) is 32.5 Å². The van der Waals surface area contributed by atoms with Gasteiger partial charge in [-0.05, 0) is 20.3 Å². The van der Waals surface area contributed by atoms with E-state index in [1.807, 2.05) is 6.92 Å². The van der Waals surface area contributed by atoms with Gasteiger partial charge in [-0.15, -0.1) is 0 Å². The van der Waals surface area contributed by atoms with Crippen molar-refractivity contribution in [1.29, 1.82) is 0 Å². The van der Waals surface area contributed by atoms with Gasteiger partial charge in [0, 0.05) is 12.1 Å². The van der Waals surface area contributed by atoms with E-state index in [2.05, 4.69) is 5.32 Å². The number of nitrogens with zero attached hydrogens (tertiary/aromatic N) is 2. The van der Waals surface area contributed by atoms with E-state index in [4.69, 9.17) is 5.11 Å². The molecule has 1 atom stereocenters. The Balaban J connectivity index is 3.05. The number of aromatic nitrogens is 1. The lowest BCUT2D eigenvalue weighted by molar-refractivity contribution is -0.384. The molecular formula is C13H19N3O5. The molecule has 1 rings (SSSR count). The summed E-state index contributed by atoms with van der Waals surface area (Å²) in [7, 11) is 0. The first-order valence-electron chi connectivity index (χ1n) is 6.67. The largest absolute Gasteiger partial charge is 0.480 e. The van der Waals surface area contributed by atoms with E-state index in [9.17, 15) is 19.7 Å². The average molecular weight is 297 g/mol. The Kier molecular flexibility index (Phi) is 5.45. The molecular weight excluding hydrogens is 278 g/mol. The minimum absolute atomic E-state index is 0.0825. The fourth-order valence-corrected chi connectivity index (χ4v) is 1.95. The third kappa shape index (κ3) is 4.04. The molecule has 116 valence electrons. The molecule has 0 aromatic carbocycles. The molecule has 0 saturated heterocycles. The van der Waals surface area contributed by atoms with Crippen LogP contribution in [0.4, 0.5) is 5.69 Å². The zero-order chi connectivity index (χ0) is 16.2. The molecule has 0 bridgehead atoms. The summed E-state index contributed by atoms with van der Waals surface area (Å²) in [5.74, 6) is -1.75. The Labute approximate surface area is 121 Å². The van der Waals surface area contributed by atoms with Crippen LogP contribution < -0.4 is 5.32 Å². The molecule has 0 fully saturated rings. The van der Waals surface area contributed by atoms with E-state index in [0.29, 0.717) is 12.8 Å². The standard InChI is InChI=1S/C13H19N3O5/c1-4-5-10(13(18)19)14-12(17)11-6-9(16(20)21)7-15(11)8(2)3/h6-8,10H,4-5H2,1-3H3,(H,14,17)(H,18,19)/t10-/m1/s1. The van der Waals surface area contributed by atoms with Crippen molar-refractivity contribution in [2.24, 2.45) is 0 Å². The summed E-state index contributed by atoms with van der Waals surface area (Å²) in [6.07, 6.45) is 2.17. The highest BCUT2D eigenvalue weighted by Crippen LogP contribution is 2.20. The topological polar surface area (TPSA) is 114 Å². The first kappa shape index (κ1) is 16.7. The lowest BCUT2D eigenvalue weighted by Gasteiger charge is -2.16. The monoisotopic (exact) mass is 297 g/mol. The second kappa shape index (κ2) is 6.87. The van der Waals surface area contributed by atoms with Crippen molar-refractivity contribution in [3.8, 4) is 0 Å². The van der Waals surface area contributed by atoms with Crippen molar-refractivity contribution in [2.75, 3.05) is 0 Å². The Morgan fingerprint density at radius 3 is 2.52 bits per heavy atom. The van der Waals surface area contributed by atoms with Gasteiger partial charge in [0.1, 0.15) is 11.7 Å². The van der Waals surface area contributed by atoms with E-state index in [-0.39, 0.29) is 17.4 Å².